The molecule has 0 unspecified atom stereocenters. The summed E-state index contributed by atoms with van der Waals surface area (Å²) in [5.41, 5.74) is 9.98. The molecule has 0 saturated carbocycles. The van der Waals surface area contributed by atoms with Gasteiger partial charge in [-0.2, -0.15) is 0 Å². The number of nitrogens with two attached hydrogens (primary N) is 1. The molecule has 0 saturated heterocycles. The molecule has 1 aromatic heterocycles. The van der Waals surface area contributed by atoms with Crippen LogP contribution >= 0.6 is 11.3 Å². The highest BCUT2D eigenvalue weighted by Crippen LogP contribution is 2.48. The maximum Gasteiger partial charge on any atom is 0.123 e. The van der Waals surface area contributed by atoms with E-state index in [2.05, 4.69) is 52.0 Å². The lowest BCUT2D eigenvalue weighted by atomic mass is 9.67. The maximum absolute atomic E-state index is 5.76. The molecule has 1 aromatic carbocycles. The molecule has 0 radical (unpaired) electrons. The Bertz CT molecular complexity index is 668. The van der Waals surface area contributed by atoms with Crippen molar-refractivity contribution in [2.75, 3.05) is 0 Å². The van der Waals surface area contributed by atoms with Crippen LogP contribution in [-0.2, 0) is 18.4 Å². The predicted molar refractivity (Wildman–Crippen MR) is 90.6 cm³/mol. The van der Waals surface area contributed by atoms with Crippen LogP contribution in [0, 0.1) is 5.41 Å². The molecule has 3 rings (SSSR count). The summed E-state index contributed by atoms with van der Waals surface area (Å²) in [5.74, 6) is 0. The minimum atomic E-state index is 0.221. The first-order chi connectivity index (χ1) is 9.81. The Morgan fingerprint density at radius 3 is 2.71 bits per heavy atom. The van der Waals surface area contributed by atoms with Crippen molar-refractivity contribution >= 4 is 11.3 Å². The first-order valence-corrected chi connectivity index (χ1v) is 8.42. The SMILES string of the molecule is CC1(C)Cc2nc(-c3cccc(CN)c3)sc2C(C)(C)C1. The predicted octanol–water partition coefficient (Wildman–Crippen LogP) is 4.52. The van der Waals surface area contributed by atoms with Gasteiger partial charge in [0.1, 0.15) is 5.01 Å². The average Bonchev–Trinajstić information content (AvgIpc) is 2.81. The number of thiazole rings is 1. The highest BCUT2D eigenvalue weighted by atomic mass is 32.1. The van der Waals surface area contributed by atoms with Gasteiger partial charge in [0.15, 0.2) is 0 Å². The van der Waals surface area contributed by atoms with E-state index in [1.54, 1.807) is 0 Å². The van der Waals surface area contributed by atoms with E-state index in [-0.39, 0.29) is 5.41 Å². The molecule has 0 atom stereocenters. The van der Waals surface area contributed by atoms with Gasteiger partial charge in [-0.15, -0.1) is 11.3 Å². The number of fused-ring (bicyclic) bond motifs is 1. The van der Waals surface area contributed by atoms with Crippen molar-refractivity contribution in [2.24, 2.45) is 11.1 Å². The minimum Gasteiger partial charge on any atom is -0.326 e. The summed E-state index contributed by atoms with van der Waals surface area (Å²) >= 11 is 1.86. The summed E-state index contributed by atoms with van der Waals surface area (Å²) in [4.78, 5) is 6.43. The third kappa shape index (κ3) is 2.77. The second-order valence-corrected chi connectivity index (χ2v) is 8.60. The van der Waals surface area contributed by atoms with Gasteiger partial charge in [0.05, 0.1) is 5.69 Å². The number of aromatic nitrogens is 1. The third-order valence-corrected chi connectivity index (χ3v) is 5.80. The third-order valence-electron chi connectivity index (χ3n) is 4.29. The molecule has 2 aromatic rings. The van der Waals surface area contributed by atoms with Gasteiger partial charge in [0.2, 0.25) is 0 Å². The number of rotatable bonds is 2. The van der Waals surface area contributed by atoms with Crippen molar-refractivity contribution in [3.63, 3.8) is 0 Å². The fraction of sp³-hybridized carbons (Fsp3) is 0.500. The second-order valence-electron chi connectivity index (χ2n) is 7.60. The Labute approximate surface area is 131 Å². The fourth-order valence-electron chi connectivity index (χ4n) is 3.75. The van der Waals surface area contributed by atoms with E-state index >= 15 is 0 Å². The summed E-state index contributed by atoms with van der Waals surface area (Å²) in [6.45, 7) is 9.99. The van der Waals surface area contributed by atoms with Crippen molar-refractivity contribution in [1.29, 1.82) is 0 Å². The van der Waals surface area contributed by atoms with Crippen molar-refractivity contribution in [3.8, 4) is 10.6 Å². The molecular weight excluding hydrogens is 276 g/mol. The zero-order valence-electron chi connectivity index (χ0n) is 13.4. The number of nitrogens with zero attached hydrogens (tertiary/aromatic N) is 1. The summed E-state index contributed by atoms with van der Waals surface area (Å²) in [5, 5.41) is 1.14. The van der Waals surface area contributed by atoms with Gasteiger partial charge in [0, 0.05) is 22.4 Å². The lowest BCUT2D eigenvalue weighted by molar-refractivity contribution is 0.232. The molecule has 0 aliphatic heterocycles. The molecule has 0 bridgehead atoms. The van der Waals surface area contributed by atoms with Crippen molar-refractivity contribution in [3.05, 3.63) is 40.4 Å². The van der Waals surface area contributed by atoms with Crippen molar-refractivity contribution in [1.82, 2.24) is 4.98 Å². The Hall–Kier alpha value is -1.19. The summed E-state index contributed by atoms with van der Waals surface area (Å²) in [6.07, 6.45) is 2.30. The minimum absolute atomic E-state index is 0.221. The second kappa shape index (κ2) is 4.92. The van der Waals surface area contributed by atoms with Crippen LogP contribution in [0.2, 0.25) is 0 Å². The van der Waals surface area contributed by atoms with E-state index in [1.165, 1.54) is 28.1 Å². The first kappa shape index (κ1) is 14.7. The Morgan fingerprint density at radius 1 is 1.24 bits per heavy atom. The summed E-state index contributed by atoms with van der Waals surface area (Å²) in [6, 6.07) is 8.46. The molecule has 2 nitrogen and oxygen atoms in total. The van der Waals surface area contributed by atoms with Gasteiger partial charge >= 0.3 is 0 Å². The topological polar surface area (TPSA) is 38.9 Å². The number of hydrogen-bond donors (Lipinski definition) is 1. The van der Waals surface area contributed by atoms with Crippen LogP contribution in [0.1, 0.15) is 50.3 Å². The van der Waals surface area contributed by atoms with Crippen molar-refractivity contribution < 1.29 is 0 Å². The van der Waals surface area contributed by atoms with Crippen LogP contribution in [-0.4, -0.2) is 4.98 Å². The smallest absolute Gasteiger partial charge is 0.123 e. The van der Waals surface area contributed by atoms with Crippen molar-refractivity contribution in [2.45, 2.75) is 52.5 Å². The van der Waals surface area contributed by atoms with E-state index < -0.39 is 0 Å². The Balaban J connectivity index is 2.06. The summed E-state index contributed by atoms with van der Waals surface area (Å²) < 4.78 is 0. The van der Waals surface area contributed by atoms with Crippen LogP contribution in [0.3, 0.4) is 0 Å². The maximum atomic E-state index is 5.76. The molecule has 1 aliphatic rings. The molecule has 0 fully saturated rings. The molecule has 2 N–H and O–H groups in total. The van der Waals surface area contributed by atoms with E-state index in [0.717, 1.165) is 11.4 Å². The molecule has 0 spiro atoms. The average molecular weight is 300 g/mol. The normalized spacial score (nSPS) is 19.3. The van der Waals surface area contributed by atoms with Crippen LogP contribution < -0.4 is 5.73 Å². The zero-order chi connectivity index (χ0) is 15.3. The van der Waals surface area contributed by atoms with E-state index in [0.29, 0.717) is 12.0 Å². The molecule has 3 heteroatoms. The largest absolute Gasteiger partial charge is 0.326 e. The lowest BCUT2D eigenvalue weighted by Crippen LogP contribution is -2.33. The fourth-order valence-corrected chi connectivity index (χ4v) is 4.93. The van der Waals surface area contributed by atoms with E-state index in [4.69, 9.17) is 10.7 Å². The molecule has 1 heterocycles. The zero-order valence-corrected chi connectivity index (χ0v) is 14.2. The van der Waals surface area contributed by atoms with Crippen LogP contribution in [0.4, 0.5) is 0 Å². The molecule has 0 amide bonds. The molecule has 21 heavy (non-hydrogen) atoms. The first-order valence-electron chi connectivity index (χ1n) is 7.60. The summed E-state index contributed by atoms with van der Waals surface area (Å²) in [7, 11) is 0. The van der Waals surface area contributed by atoms with Gasteiger partial charge in [-0.25, -0.2) is 4.98 Å². The van der Waals surface area contributed by atoms with E-state index in [9.17, 15) is 0 Å². The molecule has 112 valence electrons. The van der Waals surface area contributed by atoms with Gasteiger partial charge in [-0.05, 0) is 29.9 Å². The van der Waals surface area contributed by atoms with Gasteiger partial charge in [-0.1, -0.05) is 45.9 Å². The quantitative estimate of drug-likeness (QED) is 0.885. The number of benzene rings is 1. The van der Waals surface area contributed by atoms with Crippen LogP contribution in [0.5, 0.6) is 0 Å². The van der Waals surface area contributed by atoms with Crippen LogP contribution in [0.15, 0.2) is 24.3 Å². The monoisotopic (exact) mass is 300 g/mol. The highest BCUT2D eigenvalue weighted by molar-refractivity contribution is 7.15. The van der Waals surface area contributed by atoms with E-state index in [1.807, 2.05) is 11.3 Å². The molecular formula is C18H24N2S. The molecule has 1 aliphatic carbocycles. The van der Waals surface area contributed by atoms with Gasteiger partial charge in [0.25, 0.3) is 0 Å². The lowest BCUT2D eigenvalue weighted by Gasteiger charge is -2.39. The standard InChI is InChI=1S/C18H24N2S/c1-17(2)9-14-15(18(3,4)11-17)21-16(20-14)13-7-5-6-12(8-13)10-19/h5-8H,9-11,19H2,1-4H3. The number of hydrogen-bond acceptors (Lipinski definition) is 3. The van der Waals surface area contributed by atoms with Crippen LogP contribution in [0.25, 0.3) is 10.6 Å². The van der Waals surface area contributed by atoms with Gasteiger partial charge < -0.3 is 5.73 Å². The Kier molecular flexibility index (Phi) is 3.45. The Morgan fingerprint density at radius 2 is 2.00 bits per heavy atom. The highest BCUT2D eigenvalue weighted by Gasteiger charge is 2.39. The van der Waals surface area contributed by atoms with Gasteiger partial charge in [-0.3, -0.25) is 0 Å².